The lowest BCUT2D eigenvalue weighted by molar-refractivity contribution is 1.29. The van der Waals surface area contributed by atoms with Crippen molar-refractivity contribution in [3.8, 4) is 78.9 Å². The lowest BCUT2D eigenvalue weighted by Gasteiger charge is -2.42. The van der Waals surface area contributed by atoms with Crippen molar-refractivity contribution in [2.24, 2.45) is 0 Å². The first-order valence-corrected chi connectivity index (χ1v) is 28.8. The standard InChI is InChI=1S/C78H44B2N4/c81-45-47-37-63-59-41-57(55-31-15-13-29-53(55)49-21-5-1-6-22-49)61-43-67-74-60(64-38-48(46-82)40-72-78(64)79(67)65-33-17-19-35-69(65)84(72)52-27-11-4-12-28-52)42-58(56-32-16-14-30-54(56)50-23-7-2-8-24-50)62-44-68(73(59)75(61)76(62)74)80-66-34-18-20-36-70(66)83(71(39-47)77(63)80)51-25-9-3-10-26-51/h1-44H. The number of hydrogen-bond donors (Lipinski definition) is 0. The predicted octanol–water partition coefficient (Wildman–Crippen LogP) is 15.6. The zero-order valence-electron chi connectivity index (χ0n) is 45.3. The highest BCUT2D eigenvalue weighted by Crippen LogP contribution is 2.54. The van der Waals surface area contributed by atoms with E-state index in [1.807, 2.05) is 0 Å². The van der Waals surface area contributed by atoms with Gasteiger partial charge in [-0.2, -0.15) is 10.5 Å². The molecule has 0 saturated carbocycles. The van der Waals surface area contributed by atoms with Gasteiger partial charge in [0.2, 0.25) is 13.4 Å². The summed E-state index contributed by atoms with van der Waals surface area (Å²) in [5, 5.41) is 29.6. The van der Waals surface area contributed by atoms with E-state index in [-0.39, 0.29) is 13.4 Å². The van der Waals surface area contributed by atoms with Crippen LogP contribution in [0.1, 0.15) is 11.1 Å². The smallest absolute Gasteiger partial charge is 0.248 e. The van der Waals surface area contributed by atoms with Crippen LogP contribution in [-0.2, 0) is 0 Å². The molecular formula is C78H44B2N4. The molecule has 0 bridgehead atoms. The number of rotatable bonds is 6. The van der Waals surface area contributed by atoms with Gasteiger partial charge in [-0.25, -0.2) is 0 Å². The van der Waals surface area contributed by atoms with Crippen LogP contribution in [0.2, 0.25) is 0 Å². The summed E-state index contributed by atoms with van der Waals surface area (Å²) < 4.78 is 0. The molecule has 0 amide bonds. The van der Waals surface area contributed by atoms with Crippen molar-refractivity contribution in [2.45, 2.75) is 0 Å². The van der Waals surface area contributed by atoms with E-state index in [9.17, 15) is 10.5 Å². The number of fused-ring (bicyclic) bond motifs is 8. The fraction of sp³-hybridized carbons (Fsp3) is 0. The molecule has 14 aromatic rings. The Labute approximate surface area is 487 Å². The Bertz CT molecular complexity index is 4910. The van der Waals surface area contributed by atoms with E-state index in [0.717, 1.165) is 101 Å². The summed E-state index contributed by atoms with van der Waals surface area (Å²) in [4.78, 5) is 4.76. The second-order valence-electron chi connectivity index (χ2n) is 22.8. The predicted molar refractivity (Wildman–Crippen MR) is 351 cm³/mol. The van der Waals surface area contributed by atoms with Gasteiger partial charge in [0.25, 0.3) is 0 Å². The topological polar surface area (TPSA) is 54.1 Å². The van der Waals surface area contributed by atoms with Crippen molar-refractivity contribution in [1.82, 2.24) is 0 Å². The van der Waals surface area contributed by atoms with Gasteiger partial charge in [-0.05, 0) is 194 Å². The highest BCUT2D eigenvalue weighted by Gasteiger charge is 2.46. The molecule has 0 aromatic heterocycles. The summed E-state index contributed by atoms with van der Waals surface area (Å²) in [5.41, 5.74) is 28.4. The molecule has 0 N–H and O–H groups in total. The third-order valence-corrected chi connectivity index (χ3v) is 18.6. The van der Waals surface area contributed by atoms with Crippen molar-refractivity contribution < 1.29 is 0 Å². The molecule has 14 aromatic carbocycles. The second-order valence-corrected chi connectivity index (χ2v) is 22.8. The molecule has 0 atom stereocenters. The van der Waals surface area contributed by atoms with Gasteiger partial charge in [0.15, 0.2) is 0 Å². The molecule has 18 rings (SSSR count). The second kappa shape index (κ2) is 17.7. The molecule has 0 spiro atoms. The summed E-state index contributed by atoms with van der Waals surface area (Å²) in [6.07, 6.45) is 0. The third kappa shape index (κ3) is 6.37. The lowest BCUT2D eigenvalue weighted by Crippen LogP contribution is -2.60. The first kappa shape index (κ1) is 46.6. The Balaban J connectivity index is 1.08. The number of hydrogen-bond acceptors (Lipinski definition) is 4. The molecule has 4 heterocycles. The van der Waals surface area contributed by atoms with E-state index in [1.165, 1.54) is 65.1 Å². The molecule has 0 aliphatic carbocycles. The van der Waals surface area contributed by atoms with Crippen molar-refractivity contribution >= 4 is 113 Å². The van der Waals surface area contributed by atoms with E-state index in [4.69, 9.17) is 0 Å². The minimum Gasteiger partial charge on any atom is -0.311 e. The van der Waals surface area contributed by atoms with Gasteiger partial charge in [-0.3, -0.25) is 0 Å². The van der Waals surface area contributed by atoms with E-state index in [1.54, 1.807) is 0 Å². The molecule has 84 heavy (non-hydrogen) atoms. The largest absolute Gasteiger partial charge is 0.311 e. The zero-order valence-corrected chi connectivity index (χ0v) is 45.3. The van der Waals surface area contributed by atoms with Crippen LogP contribution in [0.25, 0.3) is 99.1 Å². The van der Waals surface area contributed by atoms with Gasteiger partial charge in [0.1, 0.15) is 0 Å². The highest BCUT2D eigenvalue weighted by atomic mass is 15.2. The van der Waals surface area contributed by atoms with E-state index >= 15 is 0 Å². The maximum absolute atomic E-state index is 11.2. The zero-order chi connectivity index (χ0) is 55.3. The Morgan fingerprint density at radius 1 is 0.262 bits per heavy atom. The fourth-order valence-electron chi connectivity index (χ4n) is 15.4. The number of anilines is 6. The Morgan fingerprint density at radius 3 is 1.02 bits per heavy atom. The van der Waals surface area contributed by atoms with Crippen molar-refractivity contribution in [3.05, 3.63) is 278 Å². The number of nitriles is 2. The summed E-state index contributed by atoms with van der Waals surface area (Å²) >= 11 is 0. The average molecular weight is 1060 g/mol. The van der Waals surface area contributed by atoms with E-state index < -0.39 is 0 Å². The van der Waals surface area contributed by atoms with Crippen molar-refractivity contribution in [3.63, 3.8) is 0 Å². The fourth-order valence-corrected chi connectivity index (χ4v) is 15.4. The Kier molecular flexibility index (Phi) is 9.79. The normalized spacial score (nSPS) is 12.9. The molecule has 0 saturated heterocycles. The van der Waals surface area contributed by atoms with Gasteiger partial charge in [-0.1, -0.05) is 205 Å². The van der Waals surface area contributed by atoms with Crippen LogP contribution in [0.15, 0.2) is 267 Å². The van der Waals surface area contributed by atoms with Gasteiger partial charge in [0, 0.05) is 34.1 Å². The molecule has 0 unspecified atom stereocenters. The molecule has 4 nitrogen and oxygen atoms in total. The maximum Gasteiger partial charge on any atom is 0.248 e. The number of para-hydroxylation sites is 4. The molecule has 4 aliphatic rings. The molecule has 0 radical (unpaired) electrons. The molecular weight excluding hydrogens is 1010 g/mol. The Hall–Kier alpha value is -11.2. The van der Waals surface area contributed by atoms with Crippen LogP contribution in [0.4, 0.5) is 34.1 Å². The van der Waals surface area contributed by atoms with Crippen LogP contribution < -0.4 is 42.6 Å². The molecule has 4 aliphatic heterocycles. The summed E-state index contributed by atoms with van der Waals surface area (Å²) in [6.45, 7) is -0.360. The average Bonchev–Trinajstić information content (AvgIpc) is 0.701. The summed E-state index contributed by atoms with van der Waals surface area (Å²) in [7, 11) is 0. The SMILES string of the molecule is N#Cc1cc2c3c(c1)N(c1ccccc1)c1ccccc1B3c1cc3c(-c4ccccc4-c4ccccc4)cc4c5c(cc6c(-c7ccccc7-c7ccccc7)cc-2c1c6c35)B1c2ccccc2N(c2ccccc2)c2cc(C#N)cc-4c21. The summed E-state index contributed by atoms with van der Waals surface area (Å²) in [5.74, 6) is 0. The van der Waals surface area contributed by atoms with E-state index in [0.29, 0.717) is 11.1 Å². The molecule has 0 fully saturated rings. The third-order valence-electron chi connectivity index (χ3n) is 18.6. The van der Waals surface area contributed by atoms with Gasteiger partial charge < -0.3 is 9.80 Å². The van der Waals surface area contributed by atoms with Crippen molar-refractivity contribution in [2.75, 3.05) is 9.80 Å². The number of nitrogens with zero attached hydrogens (tertiary/aromatic N) is 4. The highest BCUT2D eigenvalue weighted by molar-refractivity contribution is 7.02. The van der Waals surface area contributed by atoms with Crippen LogP contribution in [0, 0.1) is 22.7 Å². The number of benzene rings is 14. The van der Waals surface area contributed by atoms with Crippen LogP contribution in [0.3, 0.4) is 0 Å². The lowest BCUT2D eigenvalue weighted by atomic mass is 9.31. The molecule has 382 valence electrons. The van der Waals surface area contributed by atoms with Crippen LogP contribution in [0.5, 0.6) is 0 Å². The Morgan fingerprint density at radius 2 is 0.619 bits per heavy atom. The molecule has 6 heteroatoms. The minimum atomic E-state index is -0.180. The minimum absolute atomic E-state index is 0.180. The first-order valence-electron chi connectivity index (χ1n) is 28.8. The van der Waals surface area contributed by atoms with Gasteiger partial charge >= 0.3 is 0 Å². The first-order chi connectivity index (χ1) is 41.6. The quantitative estimate of drug-likeness (QED) is 0.123. The van der Waals surface area contributed by atoms with Gasteiger partial charge in [0.05, 0.1) is 23.3 Å². The maximum atomic E-state index is 11.2. The van der Waals surface area contributed by atoms with Crippen LogP contribution >= 0.6 is 0 Å². The van der Waals surface area contributed by atoms with E-state index in [2.05, 4.69) is 289 Å². The summed E-state index contributed by atoms with van der Waals surface area (Å²) in [6, 6.07) is 103. The monoisotopic (exact) mass is 1060 g/mol. The van der Waals surface area contributed by atoms with Crippen molar-refractivity contribution in [1.29, 1.82) is 10.5 Å². The van der Waals surface area contributed by atoms with Crippen LogP contribution in [-0.4, -0.2) is 13.4 Å². The van der Waals surface area contributed by atoms with Gasteiger partial charge in [-0.15, -0.1) is 0 Å².